The van der Waals surface area contributed by atoms with Crippen LogP contribution in [0.1, 0.15) is 5.56 Å². The van der Waals surface area contributed by atoms with Crippen molar-refractivity contribution < 1.29 is 4.74 Å². The number of nitrogens with one attached hydrogen (secondary N) is 2. The summed E-state index contributed by atoms with van der Waals surface area (Å²) in [4.78, 5) is 0. The maximum Gasteiger partial charge on any atom is 0.119 e. The lowest BCUT2D eigenvalue weighted by Gasteiger charge is -2.06. The van der Waals surface area contributed by atoms with Crippen molar-refractivity contribution in [2.45, 2.75) is 6.42 Å². The molecule has 0 aliphatic carbocycles. The van der Waals surface area contributed by atoms with Gasteiger partial charge in [-0.2, -0.15) is 0 Å². The molecule has 0 atom stereocenters. The second-order valence-electron chi connectivity index (χ2n) is 3.46. The molecule has 0 amide bonds. The van der Waals surface area contributed by atoms with Gasteiger partial charge in [-0.25, -0.2) is 0 Å². The molecule has 0 aliphatic rings. The van der Waals surface area contributed by atoms with Gasteiger partial charge in [0.2, 0.25) is 0 Å². The Kier molecular flexibility index (Phi) is 5.81. The molecule has 3 heteroatoms. The predicted molar refractivity (Wildman–Crippen MR) is 63.5 cm³/mol. The molecule has 0 fully saturated rings. The van der Waals surface area contributed by atoms with Crippen LogP contribution in [0, 0.1) is 0 Å². The zero-order valence-corrected chi connectivity index (χ0v) is 9.55. The summed E-state index contributed by atoms with van der Waals surface area (Å²) in [6, 6.07) is 8.21. The predicted octanol–water partition coefficient (Wildman–Crippen LogP) is 1.05. The van der Waals surface area contributed by atoms with Crippen molar-refractivity contribution in [1.29, 1.82) is 0 Å². The molecule has 0 heterocycles. The van der Waals surface area contributed by atoms with Crippen LogP contribution in [0.4, 0.5) is 0 Å². The summed E-state index contributed by atoms with van der Waals surface area (Å²) in [6.45, 7) is 3.04. The molecule has 3 nitrogen and oxygen atoms in total. The van der Waals surface area contributed by atoms with Gasteiger partial charge in [-0.1, -0.05) is 12.1 Å². The van der Waals surface area contributed by atoms with E-state index in [1.54, 1.807) is 7.11 Å². The Morgan fingerprint density at radius 1 is 1.20 bits per heavy atom. The molecular formula is C12H20N2O. The lowest BCUT2D eigenvalue weighted by atomic mass is 10.1. The number of hydrogen-bond donors (Lipinski definition) is 2. The van der Waals surface area contributed by atoms with Crippen LogP contribution in [0.15, 0.2) is 24.3 Å². The van der Waals surface area contributed by atoms with Crippen LogP contribution in [-0.2, 0) is 6.42 Å². The third kappa shape index (κ3) is 4.81. The molecule has 1 aromatic carbocycles. The van der Waals surface area contributed by atoms with Crippen molar-refractivity contribution in [1.82, 2.24) is 10.6 Å². The van der Waals surface area contributed by atoms with Crippen molar-refractivity contribution in [3.05, 3.63) is 29.8 Å². The van der Waals surface area contributed by atoms with E-state index in [1.165, 1.54) is 5.56 Å². The highest BCUT2D eigenvalue weighted by atomic mass is 16.5. The van der Waals surface area contributed by atoms with E-state index in [4.69, 9.17) is 4.74 Å². The topological polar surface area (TPSA) is 33.3 Å². The molecule has 0 saturated heterocycles. The second-order valence-corrected chi connectivity index (χ2v) is 3.46. The van der Waals surface area contributed by atoms with Gasteiger partial charge in [0.25, 0.3) is 0 Å². The van der Waals surface area contributed by atoms with E-state index < -0.39 is 0 Å². The average molecular weight is 208 g/mol. The summed E-state index contributed by atoms with van der Waals surface area (Å²) < 4.78 is 5.17. The van der Waals surface area contributed by atoms with E-state index in [2.05, 4.69) is 22.8 Å². The Balaban J connectivity index is 2.24. The van der Waals surface area contributed by atoms with Crippen LogP contribution in [-0.4, -0.2) is 33.8 Å². The van der Waals surface area contributed by atoms with Gasteiger partial charge in [0.15, 0.2) is 0 Å². The van der Waals surface area contributed by atoms with Gasteiger partial charge in [-0.3, -0.25) is 0 Å². The summed E-state index contributed by atoms with van der Waals surface area (Å²) in [6.07, 6.45) is 1.04. The minimum Gasteiger partial charge on any atom is -0.497 e. The first-order valence-corrected chi connectivity index (χ1v) is 5.35. The number of likely N-dealkylation sites (N-methyl/N-ethyl adjacent to an activating group) is 1. The molecule has 0 aliphatic heterocycles. The van der Waals surface area contributed by atoms with Gasteiger partial charge >= 0.3 is 0 Å². The lowest BCUT2D eigenvalue weighted by molar-refractivity contribution is 0.414. The monoisotopic (exact) mass is 208 g/mol. The average Bonchev–Trinajstić information content (AvgIpc) is 2.29. The van der Waals surface area contributed by atoms with Gasteiger partial charge in [0, 0.05) is 13.1 Å². The number of hydrogen-bond acceptors (Lipinski definition) is 3. The molecule has 0 aromatic heterocycles. The Morgan fingerprint density at radius 3 is 2.80 bits per heavy atom. The molecule has 1 aromatic rings. The SMILES string of the molecule is CNCCNCCc1cccc(OC)c1. The number of benzene rings is 1. The highest BCUT2D eigenvalue weighted by Crippen LogP contribution is 2.12. The molecule has 0 spiro atoms. The Hall–Kier alpha value is -1.06. The fourth-order valence-electron chi connectivity index (χ4n) is 1.40. The third-order valence-electron chi connectivity index (χ3n) is 2.28. The largest absolute Gasteiger partial charge is 0.497 e. The van der Waals surface area contributed by atoms with Gasteiger partial charge in [0.1, 0.15) is 5.75 Å². The van der Waals surface area contributed by atoms with Crippen LogP contribution >= 0.6 is 0 Å². The maximum atomic E-state index is 5.17. The summed E-state index contributed by atoms with van der Waals surface area (Å²) in [5.41, 5.74) is 1.31. The fraction of sp³-hybridized carbons (Fsp3) is 0.500. The molecule has 2 N–H and O–H groups in total. The van der Waals surface area contributed by atoms with Gasteiger partial charge in [-0.05, 0) is 37.7 Å². The lowest BCUT2D eigenvalue weighted by Crippen LogP contribution is -2.26. The number of rotatable bonds is 7. The highest BCUT2D eigenvalue weighted by molar-refractivity contribution is 5.28. The van der Waals surface area contributed by atoms with Crippen LogP contribution in [0.25, 0.3) is 0 Å². The van der Waals surface area contributed by atoms with E-state index in [-0.39, 0.29) is 0 Å². The van der Waals surface area contributed by atoms with E-state index in [0.29, 0.717) is 0 Å². The van der Waals surface area contributed by atoms with Crippen LogP contribution in [0.3, 0.4) is 0 Å². The van der Waals surface area contributed by atoms with Gasteiger partial charge in [0.05, 0.1) is 7.11 Å². The third-order valence-corrected chi connectivity index (χ3v) is 2.28. The first kappa shape index (κ1) is 12.0. The minimum absolute atomic E-state index is 0.933. The first-order valence-electron chi connectivity index (χ1n) is 5.35. The second kappa shape index (κ2) is 7.26. The summed E-state index contributed by atoms with van der Waals surface area (Å²) in [7, 11) is 3.66. The normalized spacial score (nSPS) is 10.3. The minimum atomic E-state index is 0.933. The Morgan fingerprint density at radius 2 is 2.07 bits per heavy atom. The van der Waals surface area contributed by atoms with Crippen LogP contribution in [0.5, 0.6) is 5.75 Å². The zero-order chi connectivity index (χ0) is 10.9. The Labute approximate surface area is 91.8 Å². The molecular weight excluding hydrogens is 188 g/mol. The fourth-order valence-corrected chi connectivity index (χ4v) is 1.40. The summed E-state index contributed by atoms with van der Waals surface area (Å²) in [5.74, 6) is 0.933. The maximum absolute atomic E-state index is 5.17. The van der Waals surface area contributed by atoms with E-state index in [1.807, 2.05) is 19.2 Å². The molecule has 0 bridgehead atoms. The first-order chi connectivity index (χ1) is 7.36. The van der Waals surface area contributed by atoms with Crippen molar-refractivity contribution >= 4 is 0 Å². The van der Waals surface area contributed by atoms with Crippen molar-refractivity contribution in [3.8, 4) is 5.75 Å². The summed E-state index contributed by atoms with van der Waals surface area (Å²) in [5, 5.41) is 6.47. The van der Waals surface area contributed by atoms with E-state index in [9.17, 15) is 0 Å². The summed E-state index contributed by atoms with van der Waals surface area (Å²) >= 11 is 0. The van der Waals surface area contributed by atoms with Crippen LogP contribution in [0.2, 0.25) is 0 Å². The highest BCUT2D eigenvalue weighted by Gasteiger charge is 1.95. The van der Waals surface area contributed by atoms with Crippen molar-refractivity contribution in [2.24, 2.45) is 0 Å². The quantitative estimate of drug-likeness (QED) is 0.657. The van der Waals surface area contributed by atoms with E-state index >= 15 is 0 Å². The smallest absolute Gasteiger partial charge is 0.119 e. The standard InChI is InChI=1S/C12H20N2O/c1-13-8-9-14-7-6-11-4-3-5-12(10-11)15-2/h3-5,10,13-14H,6-9H2,1-2H3. The number of ether oxygens (including phenoxy) is 1. The molecule has 15 heavy (non-hydrogen) atoms. The van der Waals surface area contributed by atoms with Crippen molar-refractivity contribution in [3.63, 3.8) is 0 Å². The van der Waals surface area contributed by atoms with Gasteiger partial charge < -0.3 is 15.4 Å². The molecule has 0 saturated carbocycles. The molecule has 0 unspecified atom stereocenters. The van der Waals surface area contributed by atoms with Crippen molar-refractivity contribution in [2.75, 3.05) is 33.8 Å². The molecule has 1 rings (SSSR count). The molecule has 0 radical (unpaired) electrons. The van der Waals surface area contributed by atoms with Gasteiger partial charge in [-0.15, -0.1) is 0 Å². The zero-order valence-electron chi connectivity index (χ0n) is 9.55. The van der Waals surface area contributed by atoms with E-state index in [0.717, 1.165) is 31.8 Å². The Bertz CT molecular complexity index is 276. The number of methoxy groups -OCH3 is 1. The molecule has 84 valence electrons. The van der Waals surface area contributed by atoms with Crippen LogP contribution < -0.4 is 15.4 Å².